The van der Waals surface area contributed by atoms with E-state index in [1.165, 1.54) is 6.42 Å². The van der Waals surface area contributed by atoms with Crippen molar-refractivity contribution in [2.75, 3.05) is 13.2 Å². The Hall–Kier alpha value is -1.36. The van der Waals surface area contributed by atoms with Gasteiger partial charge in [0.1, 0.15) is 5.76 Å². The van der Waals surface area contributed by atoms with Crippen molar-refractivity contribution < 1.29 is 14.4 Å². The SMILES string of the molecule is Cc1cc(C(=O)N(CCCO)C2CCC2)no1. The fourth-order valence-corrected chi connectivity index (χ4v) is 2.00. The van der Waals surface area contributed by atoms with Gasteiger partial charge in [0.2, 0.25) is 0 Å². The Labute approximate surface area is 100 Å². The second kappa shape index (κ2) is 5.31. The number of aliphatic hydroxyl groups excluding tert-OH is 1. The van der Waals surface area contributed by atoms with Crippen LogP contribution in [0.4, 0.5) is 0 Å². The summed E-state index contributed by atoms with van der Waals surface area (Å²) in [5.41, 5.74) is 0.368. The van der Waals surface area contributed by atoms with Crippen molar-refractivity contribution in [3.8, 4) is 0 Å². The molecular weight excluding hydrogens is 220 g/mol. The monoisotopic (exact) mass is 238 g/mol. The van der Waals surface area contributed by atoms with E-state index in [0.717, 1.165) is 12.8 Å². The van der Waals surface area contributed by atoms with E-state index in [1.54, 1.807) is 13.0 Å². The van der Waals surface area contributed by atoms with Gasteiger partial charge < -0.3 is 14.5 Å². The summed E-state index contributed by atoms with van der Waals surface area (Å²) in [6.45, 7) is 2.46. The molecule has 0 saturated heterocycles. The minimum absolute atomic E-state index is 0.0833. The Morgan fingerprint density at radius 3 is 2.88 bits per heavy atom. The average molecular weight is 238 g/mol. The maximum Gasteiger partial charge on any atom is 0.276 e. The number of hydrogen-bond donors (Lipinski definition) is 1. The predicted octanol–water partition coefficient (Wildman–Crippen LogP) is 1.36. The number of aryl methyl sites for hydroxylation is 1. The van der Waals surface area contributed by atoms with Gasteiger partial charge in [-0.25, -0.2) is 0 Å². The zero-order valence-corrected chi connectivity index (χ0v) is 10.1. The zero-order chi connectivity index (χ0) is 12.3. The fraction of sp³-hybridized carbons (Fsp3) is 0.667. The molecule has 17 heavy (non-hydrogen) atoms. The second-order valence-electron chi connectivity index (χ2n) is 4.48. The van der Waals surface area contributed by atoms with Crippen LogP contribution in [-0.4, -0.2) is 40.3 Å². The second-order valence-corrected chi connectivity index (χ2v) is 4.48. The highest BCUT2D eigenvalue weighted by atomic mass is 16.5. The first kappa shape index (κ1) is 12.1. The van der Waals surface area contributed by atoms with E-state index in [4.69, 9.17) is 9.63 Å². The normalized spacial score (nSPS) is 15.6. The molecule has 0 spiro atoms. The summed E-state index contributed by atoms with van der Waals surface area (Å²) in [5, 5.41) is 12.6. The third-order valence-electron chi connectivity index (χ3n) is 3.18. The van der Waals surface area contributed by atoms with Crippen molar-refractivity contribution in [3.05, 3.63) is 17.5 Å². The third-order valence-corrected chi connectivity index (χ3v) is 3.18. The van der Waals surface area contributed by atoms with Gasteiger partial charge in [0.15, 0.2) is 5.69 Å². The van der Waals surface area contributed by atoms with Crippen molar-refractivity contribution in [3.63, 3.8) is 0 Å². The Bertz CT molecular complexity index is 385. The van der Waals surface area contributed by atoms with Crippen LogP contribution in [0.15, 0.2) is 10.6 Å². The molecule has 1 saturated carbocycles. The molecule has 1 N–H and O–H groups in total. The molecule has 0 radical (unpaired) electrons. The summed E-state index contributed by atoms with van der Waals surface area (Å²) < 4.78 is 4.92. The zero-order valence-electron chi connectivity index (χ0n) is 10.1. The molecule has 0 bridgehead atoms. The van der Waals surface area contributed by atoms with Crippen molar-refractivity contribution >= 4 is 5.91 Å². The number of amides is 1. The molecule has 0 atom stereocenters. The van der Waals surface area contributed by atoms with Gasteiger partial charge in [-0.05, 0) is 32.6 Å². The number of carbonyl (C=O) groups is 1. The van der Waals surface area contributed by atoms with Gasteiger partial charge in [-0.1, -0.05) is 5.16 Å². The van der Waals surface area contributed by atoms with Crippen LogP contribution in [0.5, 0.6) is 0 Å². The molecule has 1 aliphatic carbocycles. The summed E-state index contributed by atoms with van der Waals surface area (Å²) >= 11 is 0. The third kappa shape index (κ3) is 2.66. The van der Waals surface area contributed by atoms with E-state index in [0.29, 0.717) is 30.5 Å². The first-order chi connectivity index (χ1) is 8.22. The number of aromatic nitrogens is 1. The van der Waals surface area contributed by atoms with Crippen LogP contribution >= 0.6 is 0 Å². The summed E-state index contributed by atoms with van der Waals surface area (Å²) in [6.07, 6.45) is 3.88. The number of aliphatic hydroxyl groups is 1. The molecule has 1 fully saturated rings. The molecule has 1 amide bonds. The first-order valence-corrected chi connectivity index (χ1v) is 6.07. The molecule has 0 aliphatic heterocycles. The van der Waals surface area contributed by atoms with Crippen LogP contribution in [0.25, 0.3) is 0 Å². The highest BCUT2D eigenvalue weighted by Gasteiger charge is 2.30. The van der Waals surface area contributed by atoms with E-state index >= 15 is 0 Å². The Kier molecular flexibility index (Phi) is 3.78. The molecule has 1 aliphatic rings. The minimum atomic E-state index is -0.0833. The largest absolute Gasteiger partial charge is 0.396 e. The first-order valence-electron chi connectivity index (χ1n) is 6.07. The molecule has 94 valence electrons. The summed E-state index contributed by atoms with van der Waals surface area (Å²) in [5.74, 6) is 0.559. The lowest BCUT2D eigenvalue weighted by Crippen LogP contribution is -2.45. The average Bonchev–Trinajstić information content (AvgIpc) is 2.67. The smallest absolute Gasteiger partial charge is 0.276 e. The van der Waals surface area contributed by atoms with E-state index < -0.39 is 0 Å². The molecule has 1 aromatic rings. The van der Waals surface area contributed by atoms with Gasteiger partial charge in [-0.15, -0.1) is 0 Å². The highest BCUT2D eigenvalue weighted by Crippen LogP contribution is 2.26. The van der Waals surface area contributed by atoms with Crippen LogP contribution in [0.3, 0.4) is 0 Å². The van der Waals surface area contributed by atoms with E-state index in [2.05, 4.69) is 5.16 Å². The van der Waals surface area contributed by atoms with Gasteiger partial charge in [-0.2, -0.15) is 0 Å². The lowest BCUT2D eigenvalue weighted by Gasteiger charge is -2.37. The van der Waals surface area contributed by atoms with Gasteiger partial charge in [0.05, 0.1) is 0 Å². The van der Waals surface area contributed by atoms with Crippen LogP contribution in [0, 0.1) is 6.92 Å². The van der Waals surface area contributed by atoms with Crippen molar-refractivity contribution in [1.82, 2.24) is 10.1 Å². The van der Waals surface area contributed by atoms with E-state index in [9.17, 15) is 4.79 Å². The Morgan fingerprint density at radius 2 is 2.41 bits per heavy atom. The molecule has 0 unspecified atom stereocenters. The molecule has 0 aromatic carbocycles. The molecule has 1 heterocycles. The van der Waals surface area contributed by atoms with Crippen LogP contribution < -0.4 is 0 Å². The Morgan fingerprint density at radius 1 is 1.65 bits per heavy atom. The molecule has 1 aromatic heterocycles. The highest BCUT2D eigenvalue weighted by molar-refractivity contribution is 5.92. The van der Waals surface area contributed by atoms with Crippen LogP contribution in [0.2, 0.25) is 0 Å². The summed E-state index contributed by atoms with van der Waals surface area (Å²) in [6, 6.07) is 1.97. The van der Waals surface area contributed by atoms with Gasteiger partial charge in [0, 0.05) is 25.3 Å². The molecule has 5 nitrogen and oxygen atoms in total. The summed E-state index contributed by atoms with van der Waals surface area (Å²) in [7, 11) is 0. The Balaban J connectivity index is 2.06. The van der Waals surface area contributed by atoms with Crippen LogP contribution in [0.1, 0.15) is 41.9 Å². The molecule has 5 heteroatoms. The quantitative estimate of drug-likeness (QED) is 0.841. The van der Waals surface area contributed by atoms with E-state index in [-0.39, 0.29) is 12.5 Å². The number of carbonyl (C=O) groups excluding carboxylic acids is 1. The van der Waals surface area contributed by atoms with Crippen molar-refractivity contribution in [2.24, 2.45) is 0 Å². The van der Waals surface area contributed by atoms with Crippen molar-refractivity contribution in [2.45, 2.75) is 38.6 Å². The van der Waals surface area contributed by atoms with Crippen molar-refractivity contribution in [1.29, 1.82) is 0 Å². The molecule has 2 rings (SSSR count). The predicted molar refractivity (Wildman–Crippen MR) is 61.6 cm³/mol. The van der Waals surface area contributed by atoms with Gasteiger partial charge in [0.25, 0.3) is 5.91 Å². The summed E-state index contributed by atoms with van der Waals surface area (Å²) in [4.78, 5) is 14.0. The van der Waals surface area contributed by atoms with Gasteiger partial charge in [-0.3, -0.25) is 4.79 Å². The number of hydrogen-bond acceptors (Lipinski definition) is 4. The number of rotatable bonds is 5. The standard InChI is InChI=1S/C12H18N2O3/c1-9-8-11(13-17-9)12(16)14(6-3-7-15)10-4-2-5-10/h8,10,15H,2-7H2,1H3. The minimum Gasteiger partial charge on any atom is -0.396 e. The maximum atomic E-state index is 12.2. The van der Waals surface area contributed by atoms with Crippen LogP contribution in [-0.2, 0) is 0 Å². The topological polar surface area (TPSA) is 66.6 Å². The van der Waals surface area contributed by atoms with E-state index in [1.807, 2.05) is 4.90 Å². The lowest BCUT2D eigenvalue weighted by atomic mass is 9.91. The molecular formula is C12H18N2O3. The van der Waals surface area contributed by atoms with Gasteiger partial charge >= 0.3 is 0 Å². The fourth-order valence-electron chi connectivity index (χ4n) is 2.00. The number of nitrogens with zero attached hydrogens (tertiary/aromatic N) is 2. The lowest BCUT2D eigenvalue weighted by molar-refractivity contribution is 0.0552. The maximum absolute atomic E-state index is 12.2.